The van der Waals surface area contributed by atoms with Crippen molar-refractivity contribution in [3.63, 3.8) is 0 Å². The molecule has 1 atom stereocenters. The maximum Gasteiger partial charge on any atom is 0.330 e. The number of hydrogen-bond donors (Lipinski definition) is 2. The number of carbonyl (C=O) groups excluding carboxylic acids is 1. The van der Waals surface area contributed by atoms with Crippen molar-refractivity contribution >= 4 is 23.6 Å². The van der Waals surface area contributed by atoms with Crippen LogP contribution in [0, 0.1) is 19.7 Å². The molecule has 0 spiro atoms. The number of benzene rings is 1. The van der Waals surface area contributed by atoms with Gasteiger partial charge in [0.15, 0.2) is 0 Å². The first-order valence-electron chi connectivity index (χ1n) is 6.26. The summed E-state index contributed by atoms with van der Waals surface area (Å²) in [5, 5.41) is 11.9. The lowest BCUT2D eigenvalue weighted by Crippen LogP contribution is -2.54. The third-order valence-corrected chi connectivity index (χ3v) is 4.67. The molecule has 1 aliphatic heterocycles. The molecule has 0 radical (unpaired) electrons. The van der Waals surface area contributed by atoms with E-state index in [0.29, 0.717) is 34.6 Å². The summed E-state index contributed by atoms with van der Waals surface area (Å²) in [7, 11) is 0. The van der Waals surface area contributed by atoms with Crippen molar-refractivity contribution in [1.82, 2.24) is 5.32 Å². The fraction of sp³-hybridized carbons (Fsp3) is 0.429. The minimum absolute atomic E-state index is 0.291. The van der Waals surface area contributed by atoms with Crippen molar-refractivity contribution in [1.29, 1.82) is 0 Å². The topological polar surface area (TPSA) is 66.4 Å². The molecule has 0 bridgehead atoms. The zero-order chi connectivity index (χ0) is 14.9. The van der Waals surface area contributed by atoms with E-state index >= 15 is 0 Å². The Morgan fingerprint density at radius 3 is 2.40 bits per heavy atom. The van der Waals surface area contributed by atoms with E-state index in [1.807, 2.05) is 0 Å². The quantitative estimate of drug-likeness (QED) is 0.897. The second kappa shape index (κ2) is 5.44. The molecule has 1 heterocycles. The highest BCUT2D eigenvalue weighted by molar-refractivity contribution is 7.99. The molecular formula is C14H16FNO3S. The summed E-state index contributed by atoms with van der Waals surface area (Å²) in [5.74, 6) is -0.778. The van der Waals surface area contributed by atoms with Crippen LogP contribution in [-0.2, 0) is 4.79 Å². The van der Waals surface area contributed by atoms with Gasteiger partial charge < -0.3 is 10.4 Å². The van der Waals surface area contributed by atoms with E-state index in [1.54, 1.807) is 13.8 Å². The van der Waals surface area contributed by atoms with Crippen LogP contribution in [0.25, 0.3) is 0 Å². The van der Waals surface area contributed by atoms with Crippen LogP contribution in [0.2, 0.25) is 0 Å². The van der Waals surface area contributed by atoms with Crippen LogP contribution in [0.4, 0.5) is 4.39 Å². The Labute approximate surface area is 120 Å². The summed E-state index contributed by atoms with van der Waals surface area (Å²) < 4.78 is 13.6. The van der Waals surface area contributed by atoms with Crippen LogP contribution in [0.5, 0.6) is 0 Å². The van der Waals surface area contributed by atoms with Gasteiger partial charge >= 0.3 is 5.97 Å². The van der Waals surface area contributed by atoms with Gasteiger partial charge in [0.2, 0.25) is 0 Å². The predicted molar refractivity (Wildman–Crippen MR) is 75.6 cm³/mol. The molecule has 1 fully saturated rings. The van der Waals surface area contributed by atoms with Gasteiger partial charge in [-0.2, -0.15) is 11.8 Å². The summed E-state index contributed by atoms with van der Waals surface area (Å²) >= 11 is 1.50. The number of aryl methyl sites for hydroxylation is 2. The lowest BCUT2D eigenvalue weighted by atomic mass is 9.98. The predicted octanol–water partition coefficient (Wildman–Crippen LogP) is 2.13. The van der Waals surface area contributed by atoms with E-state index < -0.39 is 17.4 Å². The van der Waals surface area contributed by atoms with E-state index in [4.69, 9.17) is 0 Å². The van der Waals surface area contributed by atoms with Gasteiger partial charge in [0.1, 0.15) is 11.4 Å². The lowest BCUT2D eigenvalue weighted by molar-refractivity contribution is -0.143. The molecule has 2 N–H and O–H groups in total. The fourth-order valence-corrected chi connectivity index (χ4v) is 3.58. The maximum atomic E-state index is 13.6. The molecule has 1 aliphatic rings. The van der Waals surface area contributed by atoms with Gasteiger partial charge in [-0.1, -0.05) is 0 Å². The molecule has 1 aromatic carbocycles. The Morgan fingerprint density at radius 2 is 1.95 bits per heavy atom. The van der Waals surface area contributed by atoms with Gasteiger partial charge in [-0.3, -0.25) is 4.79 Å². The summed E-state index contributed by atoms with van der Waals surface area (Å²) in [6.45, 7) is 3.16. The van der Waals surface area contributed by atoms with Gasteiger partial charge in [0.25, 0.3) is 5.91 Å². The third kappa shape index (κ3) is 2.65. The van der Waals surface area contributed by atoms with E-state index in [0.717, 1.165) is 0 Å². The first-order chi connectivity index (χ1) is 9.35. The number of rotatable bonds is 3. The van der Waals surface area contributed by atoms with Crippen molar-refractivity contribution in [2.24, 2.45) is 0 Å². The van der Waals surface area contributed by atoms with Crippen molar-refractivity contribution < 1.29 is 19.1 Å². The Bertz CT molecular complexity index is 545. The first kappa shape index (κ1) is 14.8. The van der Waals surface area contributed by atoms with Crippen LogP contribution in [0.3, 0.4) is 0 Å². The van der Waals surface area contributed by atoms with Crippen molar-refractivity contribution in [3.05, 3.63) is 34.6 Å². The maximum absolute atomic E-state index is 13.6. The van der Waals surface area contributed by atoms with Gasteiger partial charge in [-0.05, 0) is 49.3 Å². The van der Waals surface area contributed by atoms with Crippen molar-refractivity contribution in [2.45, 2.75) is 25.8 Å². The molecule has 1 aromatic rings. The molecule has 4 nitrogen and oxygen atoms in total. The number of hydrogen-bond acceptors (Lipinski definition) is 3. The Kier molecular flexibility index (Phi) is 4.04. The van der Waals surface area contributed by atoms with Crippen molar-refractivity contribution in [2.75, 3.05) is 11.5 Å². The normalized spacial score (nSPS) is 21.8. The molecule has 20 heavy (non-hydrogen) atoms. The first-order valence-corrected chi connectivity index (χ1v) is 7.41. The zero-order valence-corrected chi connectivity index (χ0v) is 12.1. The number of carboxylic acids is 1. The van der Waals surface area contributed by atoms with E-state index in [9.17, 15) is 19.1 Å². The summed E-state index contributed by atoms with van der Waals surface area (Å²) in [6, 6.07) is 2.88. The number of thioether (sulfide) groups is 1. The molecule has 1 saturated heterocycles. The van der Waals surface area contributed by atoms with Gasteiger partial charge in [0, 0.05) is 11.3 Å². The van der Waals surface area contributed by atoms with Crippen LogP contribution >= 0.6 is 11.8 Å². The van der Waals surface area contributed by atoms with E-state index in [-0.39, 0.29) is 5.82 Å². The smallest absolute Gasteiger partial charge is 0.330 e. The fourth-order valence-electron chi connectivity index (χ4n) is 2.25. The molecule has 0 aromatic heterocycles. The van der Waals surface area contributed by atoms with E-state index in [1.165, 1.54) is 23.9 Å². The molecule has 1 unspecified atom stereocenters. The Morgan fingerprint density at radius 1 is 1.35 bits per heavy atom. The molecule has 6 heteroatoms. The molecule has 2 rings (SSSR count). The Hall–Kier alpha value is -1.56. The molecule has 1 amide bonds. The standard InChI is InChI=1S/C14H16FNO3S/c1-8-5-10(6-9(2)11(8)15)12(17)16-14(13(18)19)3-4-20-7-14/h5-6H,3-4,7H2,1-2H3,(H,16,17)(H,18,19). The van der Waals surface area contributed by atoms with Gasteiger partial charge in [-0.25, -0.2) is 9.18 Å². The SMILES string of the molecule is Cc1cc(C(=O)NC2(C(=O)O)CCSC2)cc(C)c1F. The monoisotopic (exact) mass is 297 g/mol. The minimum atomic E-state index is -1.21. The second-order valence-corrected chi connectivity index (χ2v) is 6.17. The van der Waals surface area contributed by atoms with Gasteiger partial charge in [-0.15, -0.1) is 0 Å². The molecule has 0 saturated carbocycles. The van der Waals surface area contributed by atoms with Gasteiger partial charge in [0.05, 0.1) is 0 Å². The minimum Gasteiger partial charge on any atom is -0.479 e. The molecule has 108 valence electrons. The highest BCUT2D eigenvalue weighted by Gasteiger charge is 2.43. The van der Waals surface area contributed by atoms with Crippen LogP contribution < -0.4 is 5.32 Å². The van der Waals surface area contributed by atoms with Crippen molar-refractivity contribution in [3.8, 4) is 0 Å². The average Bonchev–Trinajstić information content (AvgIpc) is 2.85. The molecule has 0 aliphatic carbocycles. The summed E-state index contributed by atoms with van der Waals surface area (Å²) in [6.07, 6.45) is 0.401. The Balaban J connectivity index is 2.26. The second-order valence-electron chi connectivity index (χ2n) is 5.07. The van der Waals surface area contributed by atoms with Crippen LogP contribution in [0.15, 0.2) is 12.1 Å². The average molecular weight is 297 g/mol. The summed E-state index contributed by atoms with van der Waals surface area (Å²) in [4.78, 5) is 23.6. The van der Waals surface area contributed by atoms with E-state index in [2.05, 4.69) is 5.32 Å². The number of aliphatic carboxylic acids is 1. The highest BCUT2D eigenvalue weighted by atomic mass is 32.2. The largest absolute Gasteiger partial charge is 0.479 e. The number of halogens is 1. The zero-order valence-electron chi connectivity index (χ0n) is 11.3. The number of carbonyl (C=O) groups is 2. The number of nitrogens with one attached hydrogen (secondary N) is 1. The number of amides is 1. The third-order valence-electron chi connectivity index (χ3n) is 3.48. The van der Waals surface area contributed by atoms with Crippen LogP contribution in [-0.4, -0.2) is 34.0 Å². The lowest BCUT2D eigenvalue weighted by Gasteiger charge is -2.24. The molecular weight excluding hydrogens is 281 g/mol. The highest BCUT2D eigenvalue weighted by Crippen LogP contribution is 2.28. The number of carboxylic acid groups (broad SMARTS) is 1. The summed E-state index contributed by atoms with van der Waals surface area (Å²) in [5.41, 5.74) is -0.169. The van der Waals surface area contributed by atoms with Crippen LogP contribution in [0.1, 0.15) is 27.9 Å².